The summed E-state index contributed by atoms with van der Waals surface area (Å²) in [6.45, 7) is 1.62. The first kappa shape index (κ1) is 16.5. The van der Waals surface area contributed by atoms with E-state index in [2.05, 4.69) is 20.3 Å². The van der Waals surface area contributed by atoms with E-state index in [1.54, 1.807) is 6.92 Å². The molecule has 6 N–H and O–H groups in total. The minimum absolute atomic E-state index is 0.161. The molecular weight excluding hydrogens is 320 g/mol. The van der Waals surface area contributed by atoms with Crippen molar-refractivity contribution in [2.45, 2.75) is 44.1 Å². The highest BCUT2D eigenvalue weighted by Gasteiger charge is 2.47. The van der Waals surface area contributed by atoms with Crippen molar-refractivity contribution in [2.24, 2.45) is 0 Å². The van der Waals surface area contributed by atoms with Gasteiger partial charge in [-0.25, -0.2) is 15.0 Å². The van der Waals surface area contributed by atoms with Gasteiger partial charge in [-0.3, -0.25) is 9.36 Å². The second kappa shape index (κ2) is 6.28. The quantitative estimate of drug-likeness (QED) is 0.391. The lowest BCUT2D eigenvalue weighted by Gasteiger charge is -2.21. The zero-order chi connectivity index (χ0) is 17.4. The Kier molecular flexibility index (Phi) is 4.32. The summed E-state index contributed by atoms with van der Waals surface area (Å²) in [5, 5.41) is 32.7. The Balaban J connectivity index is 1.87. The molecule has 1 saturated heterocycles. The maximum atomic E-state index is 11.4. The SMILES string of the molecule is CCC(=O)NC(O)[C@H]1O[C@@H](n2cnc3c(N)ncnc32)[C@H](O)[C@@H]1O. The topological polar surface area (TPSA) is 169 Å². The van der Waals surface area contributed by atoms with Crippen LogP contribution in [0.4, 0.5) is 5.82 Å². The minimum Gasteiger partial charge on any atom is -0.387 e. The number of amides is 1. The first-order chi connectivity index (χ1) is 11.4. The molecule has 5 atom stereocenters. The number of fused-ring (bicyclic) bond motifs is 1. The number of hydrogen-bond acceptors (Lipinski definition) is 9. The number of aliphatic hydroxyl groups is 3. The summed E-state index contributed by atoms with van der Waals surface area (Å²) in [5.41, 5.74) is 6.35. The van der Waals surface area contributed by atoms with Crippen molar-refractivity contribution in [1.82, 2.24) is 24.8 Å². The molecule has 3 rings (SSSR count). The number of nitrogens with zero attached hydrogens (tertiary/aromatic N) is 4. The monoisotopic (exact) mass is 338 g/mol. The molecule has 24 heavy (non-hydrogen) atoms. The fourth-order valence-electron chi connectivity index (χ4n) is 2.58. The summed E-state index contributed by atoms with van der Waals surface area (Å²) in [4.78, 5) is 23.3. The predicted molar refractivity (Wildman–Crippen MR) is 80.1 cm³/mol. The Morgan fingerprint density at radius 2 is 2.17 bits per heavy atom. The van der Waals surface area contributed by atoms with E-state index in [0.717, 1.165) is 0 Å². The molecule has 3 heterocycles. The number of rotatable bonds is 4. The lowest BCUT2D eigenvalue weighted by molar-refractivity contribution is -0.132. The summed E-state index contributed by atoms with van der Waals surface area (Å²) < 4.78 is 6.93. The summed E-state index contributed by atoms with van der Waals surface area (Å²) in [5.74, 6) is -0.247. The first-order valence-electron chi connectivity index (χ1n) is 7.36. The molecule has 0 spiro atoms. The largest absolute Gasteiger partial charge is 0.387 e. The van der Waals surface area contributed by atoms with Gasteiger partial charge in [-0.05, 0) is 0 Å². The lowest BCUT2D eigenvalue weighted by Crippen LogP contribution is -2.48. The zero-order valence-electron chi connectivity index (χ0n) is 12.8. The molecule has 1 aliphatic rings. The Labute approximate surface area is 136 Å². The van der Waals surface area contributed by atoms with Gasteiger partial charge in [0.05, 0.1) is 6.33 Å². The van der Waals surface area contributed by atoms with Gasteiger partial charge in [0.15, 0.2) is 23.9 Å². The fraction of sp³-hybridized carbons (Fsp3) is 0.538. The van der Waals surface area contributed by atoms with Crippen LogP contribution in [0.15, 0.2) is 12.7 Å². The van der Waals surface area contributed by atoms with Gasteiger partial charge in [0, 0.05) is 6.42 Å². The van der Waals surface area contributed by atoms with E-state index in [9.17, 15) is 20.1 Å². The Morgan fingerprint density at radius 3 is 2.88 bits per heavy atom. The first-order valence-corrected chi connectivity index (χ1v) is 7.36. The molecule has 0 saturated carbocycles. The lowest BCUT2D eigenvalue weighted by atomic mass is 10.1. The number of ether oxygens (including phenoxy) is 1. The molecule has 0 radical (unpaired) electrons. The molecule has 0 aliphatic carbocycles. The van der Waals surface area contributed by atoms with E-state index < -0.39 is 36.7 Å². The highest BCUT2D eigenvalue weighted by Crippen LogP contribution is 2.32. The molecule has 11 nitrogen and oxygen atoms in total. The van der Waals surface area contributed by atoms with Crippen molar-refractivity contribution < 1.29 is 24.9 Å². The third kappa shape index (κ3) is 2.67. The molecule has 0 aromatic carbocycles. The molecule has 1 fully saturated rings. The van der Waals surface area contributed by atoms with Crippen LogP contribution in [0.1, 0.15) is 19.6 Å². The van der Waals surface area contributed by atoms with Crippen LogP contribution in [0.3, 0.4) is 0 Å². The van der Waals surface area contributed by atoms with Crippen molar-refractivity contribution in [3.05, 3.63) is 12.7 Å². The second-order valence-electron chi connectivity index (χ2n) is 5.42. The number of aliphatic hydroxyl groups excluding tert-OH is 3. The number of nitrogens with one attached hydrogen (secondary N) is 1. The molecule has 1 amide bonds. The number of nitrogens with two attached hydrogens (primary N) is 1. The molecule has 0 bridgehead atoms. The van der Waals surface area contributed by atoms with Crippen molar-refractivity contribution in [3.8, 4) is 0 Å². The Morgan fingerprint density at radius 1 is 1.42 bits per heavy atom. The molecule has 130 valence electrons. The number of anilines is 1. The maximum Gasteiger partial charge on any atom is 0.221 e. The van der Waals surface area contributed by atoms with E-state index >= 15 is 0 Å². The van der Waals surface area contributed by atoms with Gasteiger partial charge in [0.2, 0.25) is 5.91 Å². The highest BCUT2D eigenvalue weighted by atomic mass is 16.6. The van der Waals surface area contributed by atoms with Crippen molar-refractivity contribution in [1.29, 1.82) is 0 Å². The molecule has 2 aromatic rings. The number of carbonyl (C=O) groups excluding carboxylic acids is 1. The van der Waals surface area contributed by atoms with Crippen LogP contribution in [-0.2, 0) is 9.53 Å². The summed E-state index contributed by atoms with van der Waals surface area (Å²) in [7, 11) is 0. The number of imidazole rings is 1. The van der Waals surface area contributed by atoms with Gasteiger partial charge in [-0.15, -0.1) is 0 Å². The summed E-state index contributed by atoms with van der Waals surface area (Å²) >= 11 is 0. The van der Waals surface area contributed by atoms with Crippen LogP contribution in [0, 0.1) is 0 Å². The van der Waals surface area contributed by atoms with Gasteiger partial charge in [-0.2, -0.15) is 0 Å². The summed E-state index contributed by atoms with van der Waals surface area (Å²) in [6, 6.07) is 0. The van der Waals surface area contributed by atoms with Crippen LogP contribution >= 0.6 is 0 Å². The molecule has 1 aliphatic heterocycles. The van der Waals surface area contributed by atoms with E-state index in [-0.39, 0.29) is 12.2 Å². The standard InChI is InChI=1S/C13H18N6O5/c1-2-5(20)18-12(23)9-7(21)8(22)13(24-9)19-4-17-6-10(14)15-3-16-11(6)19/h3-4,7-9,12-13,21-23H,2H2,1H3,(H,18,20)(H2,14,15,16)/t7-,8+,9-,12?,13+/m0/s1. The van der Waals surface area contributed by atoms with Gasteiger partial charge in [0.25, 0.3) is 0 Å². The number of aromatic nitrogens is 4. The van der Waals surface area contributed by atoms with Crippen LogP contribution in [0.5, 0.6) is 0 Å². The van der Waals surface area contributed by atoms with E-state index in [1.165, 1.54) is 17.2 Å². The van der Waals surface area contributed by atoms with Crippen LogP contribution in [0.25, 0.3) is 11.2 Å². The average Bonchev–Trinajstić information content (AvgIpc) is 3.11. The highest BCUT2D eigenvalue weighted by molar-refractivity contribution is 5.81. The molecular formula is C13H18N6O5. The van der Waals surface area contributed by atoms with Gasteiger partial charge >= 0.3 is 0 Å². The van der Waals surface area contributed by atoms with E-state index in [0.29, 0.717) is 11.2 Å². The predicted octanol–water partition coefficient (Wildman–Crippen LogP) is -2.13. The maximum absolute atomic E-state index is 11.4. The molecule has 1 unspecified atom stereocenters. The van der Waals surface area contributed by atoms with Gasteiger partial charge in [0.1, 0.15) is 30.2 Å². The van der Waals surface area contributed by atoms with Crippen LogP contribution < -0.4 is 11.1 Å². The minimum atomic E-state index is -1.47. The van der Waals surface area contributed by atoms with Crippen molar-refractivity contribution >= 4 is 22.9 Å². The Bertz CT molecular complexity index is 752. The average molecular weight is 338 g/mol. The number of hydrogen-bond donors (Lipinski definition) is 5. The zero-order valence-corrected chi connectivity index (χ0v) is 12.8. The van der Waals surface area contributed by atoms with E-state index in [1.807, 2.05) is 0 Å². The smallest absolute Gasteiger partial charge is 0.221 e. The normalized spacial score (nSPS) is 28.2. The second-order valence-corrected chi connectivity index (χ2v) is 5.42. The van der Waals surface area contributed by atoms with Crippen molar-refractivity contribution in [2.75, 3.05) is 5.73 Å². The van der Waals surface area contributed by atoms with Gasteiger partial charge in [-0.1, -0.05) is 6.92 Å². The third-order valence-electron chi connectivity index (χ3n) is 3.88. The number of nitrogen functional groups attached to an aromatic ring is 1. The van der Waals surface area contributed by atoms with Crippen LogP contribution in [0.2, 0.25) is 0 Å². The van der Waals surface area contributed by atoms with Crippen molar-refractivity contribution in [3.63, 3.8) is 0 Å². The fourth-order valence-corrected chi connectivity index (χ4v) is 2.58. The van der Waals surface area contributed by atoms with Gasteiger partial charge < -0.3 is 31.1 Å². The third-order valence-corrected chi connectivity index (χ3v) is 3.88. The molecule has 11 heteroatoms. The van der Waals surface area contributed by atoms with E-state index in [4.69, 9.17) is 10.5 Å². The molecule has 2 aromatic heterocycles. The Hall–Kier alpha value is -2.34. The number of carbonyl (C=O) groups is 1. The van der Waals surface area contributed by atoms with Crippen LogP contribution in [-0.4, -0.2) is 65.3 Å². The summed E-state index contributed by atoms with van der Waals surface area (Å²) in [6.07, 6.45) is -3.78.